The van der Waals surface area contributed by atoms with Crippen LogP contribution >= 0.6 is 0 Å². The van der Waals surface area contributed by atoms with E-state index in [1.807, 2.05) is 0 Å². The third-order valence-electron chi connectivity index (χ3n) is 4.64. The van der Waals surface area contributed by atoms with E-state index in [-0.39, 0.29) is 5.48 Å². The van der Waals surface area contributed by atoms with E-state index in [4.69, 9.17) is 0 Å². The van der Waals surface area contributed by atoms with Gasteiger partial charge in [0.15, 0.2) is 0 Å². The molecule has 0 unspecified atom stereocenters. The molecular weight excluding hydrogens is 306 g/mol. The highest BCUT2D eigenvalue weighted by Gasteiger charge is 2.04. The first kappa shape index (κ1) is 29.7. The van der Waals surface area contributed by atoms with Gasteiger partial charge in [-0.05, 0) is 12.8 Å². The summed E-state index contributed by atoms with van der Waals surface area (Å²) in [4.78, 5) is 0. The molecule has 2 heteroatoms. The molecule has 0 atom stereocenters. The van der Waals surface area contributed by atoms with Crippen LogP contribution in [0.2, 0.25) is 0 Å². The van der Waals surface area contributed by atoms with Gasteiger partial charge >= 0.3 is 0 Å². The van der Waals surface area contributed by atoms with Gasteiger partial charge in [-0.2, -0.15) is 0 Å². The molecule has 0 bridgehead atoms. The summed E-state index contributed by atoms with van der Waals surface area (Å²) in [6, 6.07) is 0. The maximum absolute atomic E-state index is 2.29. The zero-order valence-electron chi connectivity index (χ0n) is 18.9. The third-order valence-corrected chi connectivity index (χ3v) is 4.64. The molecule has 0 rings (SSSR count). The van der Waals surface area contributed by atoms with Crippen molar-refractivity contribution in [3.8, 4) is 0 Å². The van der Waals surface area contributed by atoms with Crippen LogP contribution in [0.1, 0.15) is 124 Å². The molecule has 0 aliphatic heterocycles. The monoisotopic (exact) mass is 359 g/mol. The van der Waals surface area contributed by atoms with Gasteiger partial charge in [0, 0.05) is 0 Å². The molecule has 1 N–H and O–H groups in total. The normalized spacial score (nSPS) is 10.8. The fourth-order valence-electron chi connectivity index (χ4n) is 2.93. The van der Waals surface area contributed by atoms with Crippen LogP contribution in [0, 0.1) is 0 Å². The van der Waals surface area contributed by atoms with Gasteiger partial charge in [0.2, 0.25) is 0 Å². The SMILES string of the molecule is CCCCCCCCCCCCCC.CCCCCC[N+](C)(C)C.[OH-]. The summed E-state index contributed by atoms with van der Waals surface area (Å²) in [7, 11) is 6.77. The average Bonchev–Trinajstić information content (AvgIpc) is 2.53. The van der Waals surface area contributed by atoms with E-state index in [2.05, 4.69) is 41.9 Å². The van der Waals surface area contributed by atoms with Gasteiger partial charge in [0.05, 0.1) is 27.7 Å². The quantitative estimate of drug-likeness (QED) is 0.204. The topological polar surface area (TPSA) is 30.0 Å². The van der Waals surface area contributed by atoms with Gasteiger partial charge in [-0.1, -0.05) is 111 Å². The molecule has 0 aliphatic rings. The fourth-order valence-corrected chi connectivity index (χ4v) is 2.93. The zero-order chi connectivity index (χ0) is 18.5. The van der Waals surface area contributed by atoms with Crippen LogP contribution in [0.3, 0.4) is 0 Å². The molecule has 2 nitrogen and oxygen atoms in total. The number of quaternary nitrogens is 1. The van der Waals surface area contributed by atoms with E-state index in [0.29, 0.717) is 0 Å². The predicted octanol–water partition coefficient (Wildman–Crippen LogP) is 7.80. The Labute approximate surface area is 161 Å². The lowest BCUT2D eigenvalue weighted by Gasteiger charge is -2.23. The summed E-state index contributed by atoms with van der Waals surface area (Å²) in [6.45, 7) is 8.15. The second-order valence-corrected chi connectivity index (χ2v) is 8.61. The molecule has 0 heterocycles. The molecular formula is C23H53NO. The Morgan fingerprint density at radius 2 is 0.640 bits per heavy atom. The van der Waals surface area contributed by atoms with Gasteiger partial charge in [0.25, 0.3) is 0 Å². The lowest BCUT2D eigenvalue weighted by Crippen LogP contribution is -2.35. The van der Waals surface area contributed by atoms with Crippen molar-refractivity contribution in [2.75, 3.05) is 27.7 Å². The lowest BCUT2D eigenvalue weighted by atomic mass is 10.1. The summed E-state index contributed by atoms with van der Waals surface area (Å²) in [5, 5.41) is 0. The van der Waals surface area contributed by atoms with E-state index < -0.39 is 0 Å². The first-order chi connectivity index (χ1) is 11.5. The second kappa shape index (κ2) is 23.9. The molecule has 0 spiro atoms. The maximum atomic E-state index is 2.29. The molecule has 0 saturated carbocycles. The van der Waals surface area contributed by atoms with Crippen LogP contribution in [-0.2, 0) is 0 Å². The molecule has 0 amide bonds. The van der Waals surface area contributed by atoms with Crippen molar-refractivity contribution in [1.29, 1.82) is 0 Å². The van der Waals surface area contributed by atoms with Crippen LogP contribution in [-0.4, -0.2) is 37.6 Å². The molecule has 0 radical (unpaired) electrons. The molecule has 0 saturated heterocycles. The molecule has 0 aromatic carbocycles. The Balaban J connectivity index is -0.000000392. The van der Waals surface area contributed by atoms with Crippen molar-refractivity contribution >= 4 is 0 Å². The minimum Gasteiger partial charge on any atom is -0.870 e. The smallest absolute Gasteiger partial charge is 0.0780 e. The molecule has 0 aromatic heterocycles. The van der Waals surface area contributed by atoms with E-state index in [1.165, 1.54) is 109 Å². The van der Waals surface area contributed by atoms with Gasteiger partial charge in [-0.25, -0.2) is 0 Å². The van der Waals surface area contributed by atoms with Crippen molar-refractivity contribution in [3.63, 3.8) is 0 Å². The average molecular weight is 360 g/mol. The van der Waals surface area contributed by atoms with E-state index in [9.17, 15) is 0 Å². The predicted molar refractivity (Wildman–Crippen MR) is 116 cm³/mol. The number of unbranched alkanes of at least 4 members (excludes halogenated alkanes) is 14. The number of hydrogen-bond donors (Lipinski definition) is 0. The Bertz CT molecular complexity index is 199. The standard InChI is InChI=1S/C14H30.C9H22N.H2O/c1-3-5-7-9-11-13-14-12-10-8-6-4-2;1-5-6-7-8-9-10(2,3)4;/h3-14H2,1-2H3;5-9H2,1-4H3;1H2/q;+1;/p-1. The molecule has 0 aliphatic carbocycles. The Kier molecular flexibility index (Phi) is 28.4. The Morgan fingerprint density at radius 1 is 0.400 bits per heavy atom. The van der Waals surface area contributed by atoms with Crippen molar-refractivity contribution in [3.05, 3.63) is 0 Å². The number of rotatable bonds is 16. The van der Waals surface area contributed by atoms with Crippen molar-refractivity contribution < 1.29 is 9.96 Å². The van der Waals surface area contributed by atoms with Crippen molar-refractivity contribution in [2.24, 2.45) is 0 Å². The molecule has 156 valence electrons. The molecule has 0 fully saturated rings. The minimum atomic E-state index is 0. The summed E-state index contributed by atoms with van der Waals surface area (Å²) in [5.74, 6) is 0. The summed E-state index contributed by atoms with van der Waals surface area (Å²) >= 11 is 0. The molecule has 0 aromatic rings. The van der Waals surface area contributed by atoms with Crippen molar-refractivity contribution in [1.82, 2.24) is 0 Å². The van der Waals surface area contributed by atoms with E-state index >= 15 is 0 Å². The first-order valence-corrected chi connectivity index (χ1v) is 11.3. The van der Waals surface area contributed by atoms with Gasteiger partial charge in [-0.3, -0.25) is 0 Å². The number of hydrogen-bond acceptors (Lipinski definition) is 1. The summed E-state index contributed by atoms with van der Waals surface area (Å²) < 4.78 is 1.11. The minimum absolute atomic E-state index is 0. The molecule has 25 heavy (non-hydrogen) atoms. The highest BCUT2D eigenvalue weighted by atomic mass is 16.0. The van der Waals surface area contributed by atoms with Gasteiger partial charge in [0.1, 0.15) is 0 Å². The number of nitrogens with zero attached hydrogens (tertiary/aromatic N) is 1. The first-order valence-electron chi connectivity index (χ1n) is 11.3. The second-order valence-electron chi connectivity index (χ2n) is 8.61. The van der Waals surface area contributed by atoms with Crippen LogP contribution < -0.4 is 0 Å². The van der Waals surface area contributed by atoms with Crippen LogP contribution in [0.5, 0.6) is 0 Å². The highest BCUT2D eigenvalue weighted by molar-refractivity contribution is 4.47. The van der Waals surface area contributed by atoms with Gasteiger partial charge in [-0.15, -0.1) is 0 Å². The largest absolute Gasteiger partial charge is 0.870 e. The van der Waals surface area contributed by atoms with Crippen LogP contribution in [0.25, 0.3) is 0 Å². The highest BCUT2D eigenvalue weighted by Crippen LogP contribution is 2.11. The Hall–Kier alpha value is -0.0800. The van der Waals surface area contributed by atoms with Gasteiger partial charge < -0.3 is 9.96 Å². The third kappa shape index (κ3) is 35.8. The Morgan fingerprint density at radius 3 is 0.880 bits per heavy atom. The van der Waals surface area contributed by atoms with E-state index in [1.54, 1.807) is 0 Å². The summed E-state index contributed by atoms with van der Waals surface area (Å²) in [6.07, 6.45) is 23.0. The fraction of sp³-hybridized carbons (Fsp3) is 1.00. The maximum Gasteiger partial charge on any atom is 0.0780 e. The lowest BCUT2D eigenvalue weighted by molar-refractivity contribution is -0.870. The van der Waals surface area contributed by atoms with Crippen LogP contribution in [0.4, 0.5) is 0 Å². The van der Waals surface area contributed by atoms with Crippen LogP contribution in [0.15, 0.2) is 0 Å². The zero-order valence-corrected chi connectivity index (χ0v) is 18.9. The summed E-state index contributed by atoms with van der Waals surface area (Å²) in [5.41, 5.74) is 0. The van der Waals surface area contributed by atoms with E-state index in [0.717, 1.165) is 4.48 Å². The van der Waals surface area contributed by atoms with Crippen molar-refractivity contribution in [2.45, 2.75) is 124 Å².